The maximum absolute atomic E-state index is 10.7. The molecule has 5 heteroatoms. The Bertz CT molecular complexity index is 344. The molecule has 0 spiro atoms. The zero-order valence-electron chi connectivity index (χ0n) is 6.29. The van der Waals surface area contributed by atoms with Gasteiger partial charge in [-0.05, 0) is 19.4 Å². The number of furan rings is 1. The fourth-order valence-corrected chi connectivity index (χ4v) is 1.26. The van der Waals surface area contributed by atoms with E-state index in [-0.39, 0.29) is 5.09 Å². The van der Waals surface area contributed by atoms with Crippen LogP contribution in [-0.4, -0.2) is 8.42 Å². The van der Waals surface area contributed by atoms with E-state index in [9.17, 15) is 8.42 Å². The number of primary sulfonamides is 1. The highest BCUT2D eigenvalue weighted by Gasteiger charge is 2.13. The molecule has 1 heterocycles. The number of nitrogens with two attached hydrogens (primary N) is 1. The topological polar surface area (TPSA) is 73.3 Å². The zero-order valence-corrected chi connectivity index (χ0v) is 7.10. The van der Waals surface area contributed by atoms with E-state index in [1.54, 1.807) is 13.8 Å². The summed E-state index contributed by atoms with van der Waals surface area (Å²) in [7, 11) is -3.67. The Labute approximate surface area is 65.1 Å². The molecule has 0 amide bonds. The number of hydrogen-bond acceptors (Lipinski definition) is 3. The van der Waals surface area contributed by atoms with Gasteiger partial charge < -0.3 is 4.42 Å². The molecule has 0 aliphatic rings. The predicted molar refractivity (Wildman–Crippen MR) is 39.6 cm³/mol. The number of rotatable bonds is 1. The maximum Gasteiger partial charge on any atom is 0.271 e. The van der Waals surface area contributed by atoms with Gasteiger partial charge in [0, 0.05) is 6.07 Å². The highest BCUT2D eigenvalue weighted by molar-refractivity contribution is 7.89. The molecule has 1 rings (SSSR count). The second-order valence-corrected chi connectivity index (χ2v) is 3.84. The largest absolute Gasteiger partial charge is 0.448 e. The van der Waals surface area contributed by atoms with Gasteiger partial charge in [0.1, 0.15) is 5.76 Å². The summed E-state index contributed by atoms with van der Waals surface area (Å²) in [4.78, 5) is 0. The average molecular weight is 175 g/mol. The lowest BCUT2D eigenvalue weighted by atomic mass is 10.3. The van der Waals surface area contributed by atoms with E-state index in [2.05, 4.69) is 0 Å². The molecule has 0 unspecified atom stereocenters. The zero-order chi connectivity index (χ0) is 8.65. The first kappa shape index (κ1) is 8.29. The van der Waals surface area contributed by atoms with E-state index in [4.69, 9.17) is 9.56 Å². The Morgan fingerprint density at radius 1 is 1.45 bits per heavy atom. The van der Waals surface area contributed by atoms with Crippen LogP contribution < -0.4 is 5.14 Å². The summed E-state index contributed by atoms with van der Waals surface area (Å²) in [6, 6.07) is 1.41. The second-order valence-electron chi connectivity index (χ2n) is 2.35. The van der Waals surface area contributed by atoms with Crippen molar-refractivity contribution in [3.8, 4) is 0 Å². The molecule has 4 nitrogen and oxygen atoms in total. The number of hydrogen-bond donors (Lipinski definition) is 1. The van der Waals surface area contributed by atoms with Crippen LogP contribution in [0.25, 0.3) is 0 Å². The molecule has 0 atom stereocenters. The summed E-state index contributed by atoms with van der Waals surface area (Å²) in [5, 5.41) is 4.64. The Morgan fingerprint density at radius 3 is 2.18 bits per heavy atom. The molecule has 0 aliphatic carbocycles. The van der Waals surface area contributed by atoms with Gasteiger partial charge in [0.15, 0.2) is 0 Å². The van der Waals surface area contributed by atoms with Crippen molar-refractivity contribution < 1.29 is 12.8 Å². The van der Waals surface area contributed by atoms with Crippen molar-refractivity contribution in [2.45, 2.75) is 18.9 Å². The minimum atomic E-state index is -3.67. The van der Waals surface area contributed by atoms with Gasteiger partial charge in [-0.15, -0.1) is 0 Å². The Balaban J connectivity index is 3.29. The molecule has 1 aromatic rings. The molecular formula is C6H9NO3S. The van der Waals surface area contributed by atoms with Crippen LogP contribution in [0.3, 0.4) is 0 Å². The summed E-state index contributed by atoms with van der Waals surface area (Å²) >= 11 is 0. The molecule has 0 bridgehead atoms. The van der Waals surface area contributed by atoms with Crippen LogP contribution in [-0.2, 0) is 10.0 Å². The molecule has 0 aliphatic heterocycles. The minimum Gasteiger partial charge on any atom is -0.448 e. The van der Waals surface area contributed by atoms with Crippen molar-refractivity contribution in [2.75, 3.05) is 0 Å². The average Bonchev–Trinajstić information content (AvgIpc) is 2.11. The van der Waals surface area contributed by atoms with Gasteiger partial charge in [0.2, 0.25) is 5.09 Å². The van der Waals surface area contributed by atoms with Crippen LogP contribution in [0.15, 0.2) is 15.6 Å². The molecular weight excluding hydrogens is 166 g/mol. The quantitative estimate of drug-likeness (QED) is 0.677. The maximum atomic E-state index is 10.7. The van der Waals surface area contributed by atoms with Crippen LogP contribution in [0.2, 0.25) is 0 Å². The van der Waals surface area contributed by atoms with E-state index in [1.807, 2.05) is 0 Å². The van der Waals surface area contributed by atoms with Crippen LogP contribution in [0, 0.1) is 13.8 Å². The molecule has 0 radical (unpaired) electrons. The minimum absolute atomic E-state index is 0.174. The van der Waals surface area contributed by atoms with Gasteiger partial charge in [0.05, 0.1) is 0 Å². The Kier molecular flexibility index (Phi) is 1.77. The number of sulfonamides is 1. The van der Waals surface area contributed by atoms with E-state index < -0.39 is 10.0 Å². The predicted octanol–water partition coefficient (Wildman–Crippen LogP) is 0.544. The highest BCUT2D eigenvalue weighted by atomic mass is 32.2. The van der Waals surface area contributed by atoms with Crippen LogP contribution in [0.1, 0.15) is 11.3 Å². The van der Waals surface area contributed by atoms with Crippen LogP contribution in [0.5, 0.6) is 0 Å². The molecule has 0 saturated carbocycles. The van der Waals surface area contributed by atoms with Crippen molar-refractivity contribution in [3.05, 3.63) is 17.4 Å². The van der Waals surface area contributed by atoms with Gasteiger partial charge in [-0.25, -0.2) is 13.6 Å². The van der Waals surface area contributed by atoms with Gasteiger partial charge in [-0.2, -0.15) is 0 Å². The fourth-order valence-electron chi connectivity index (χ4n) is 0.679. The molecule has 2 N–H and O–H groups in total. The lowest BCUT2D eigenvalue weighted by Gasteiger charge is -1.87. The SMILES string of the molecule is Cc1cc(S(N)(=O)=O)oc1C. The van der Waals surface area contributed by atoms with E-state index in [1.165, 1.54) is 6.07 Å². The molecule has 1 aromatic heterocycles. The summed E-state index contributed by atoms with van der Waals surface area (Å²) in [6.45, 7) is 3.44. The first-order chi connectivity index (χ1) is 4.91. The first-order valence-electron chi connectivity index (χ1n) is 3.01. The van der Waals surface area contributed by atoms with Crippen molar-refractivity contribution in [1.82, 2.24) is 0 Å². The van der Waals surface area contributed by atoms with E-state index in [0.717, 1.165) is 5.56 Å². The fraction of sp³-hybridized carbons (Fsp3) is 0.333. The van der Waals surface area contributed by atoms with Gasteiger partial charge >= 0.3 is 0 Å². The third kappa shape index (κ3) is 1.61. The third-order valence-corrected chi connectivity index (χ3v) is 2.19. The van der Waals surface area contributed by atoms with Gasteiger partial charge in [-0.1, -0.05) is 0 Å². The normalized spacial score (nSPS) is 11.9. The van der Waals surface area contributed by atoms with E-state index in [0.29, 0.717) is 5.76 Å². The Hall–Kier alpha value is -0.810. The molecule has 0 aromatic carbocycles. The summed E-state index contributed by atoms with van der Waals surface area (Å²) in [5.74, 6) is 0.578. The number of aryl methyl sites for hydroxylation is 2. The van der Waals surface area contributed by atoms with E-state index >= 15 is 0 Å². The van der Waals surface area contributed by atoms with Crippen molar-refractivity contribution >= 4 is 10.0 Å². The standard InChI is InChI=1S/C6H9NO3S/c1-4-3-6(10-5(4)2)11(7,8)9/h3H,1-2H3,(H2,7,8,9). The van der Waals surface area contributed by atoms with Crippen LogP contribution in [0.4, 0.5) is 0 Å². The molecule has 0 fully saturated rings. The lowest BCUT2D eigenvalue weighted by molar-refractivity contribution is 0.428. The van der Waals surface area contributed by atoms with Crippen molar-refractivity contribution in [3.63, 3.8) is 0 Å². The van der Waals surface area contributed by atoms with Gasteiger partial charge in [0.25, 0.3) is 10.0 Å². The molecule has 62 valence electrons. The molecule has 0 saturated heterocycles. The summed E-state index contributed by atoms with van der Waals surface area (Å²) in [6.07, 6.45) is 0. The molecule has 11 heavy (non-hydrogen) atoms. The Morgan fingerprint density at radius 2 is 2.00 bits per heavy atom. The smallest absolute Gasteiger partial charge is 0.271 e. The summed E-state index contributed by atoms with van der Waals surface area (Å²) in [5.41, 5.74) is 0.786. The van der Waals surface area contributed by atoms with Crippen molar-refractivity contribution in [1.29, 1.82) is 0 Å². The summed E-state index contributed by atoms with van der Waals surface area (Å²) < 4.78 is 26.2. The van der Waals surface area contributed by atoms with Gasteiger partial charge in [-0.3, -0.25) is 0 Å². The van der Waals surface area contributed by atoms with Crippen molar-refractivity contribution in [2.24, 2.45) is 5.14 Å². The highest BCUT2D eigenvalue weighted by Crippen LogP contribution is 2.15. The monoisotopic (exact) mass is 175 g/mol. The first-order valence-corrected chi connectivity index (χ1v) is 4.56. The lowest BCUT2D eigenvalue weighted by Crippen LogP contribution is -2.10. The van der Waals surface area contributed by atoms with Crippen LogP contribution >= 0.6 is 0 Å². The second kappa shape index (κ2) is 2.35. The third-order valence-electron chi connectivity index (χ3n) is 1.42.